The SMILES string of the molecule is NC(=S)Nc1cnc2ccccc2c1.Nc1cc(=O)[nH]c(=S)n1-c1cnc2ccccc2c1. The molecule has 5 rings (SSSR count). The van der Waals surface area contributed by atoms with Crippen LogP contribution in [0.5, 0.6) is 0 Å². The molecule has 0 amide bonds. The number of rotatable bonds is 2. The summed E-state index contributed by atoms with van der Waals surface area (Å²) < 4.78 is 1.83. The van der Waals surface area contributed by atoms with Gasteiger partial charge >= 0.3 is 0 Å². The standard InChI is InChI=1S/C13H10N4OS.C10H9N3S/c14-11-6-12(18)16-13(19)17(11)9-5-8-3-1-2-4-10(8)15-7-9;11-10(14)13-8-5-7-3-1-2-4-9(7)12-6-8/h1-7H,14H2,(H,16,18,19);1-6H,(H3,11,13,14). The van der Waals surface area contributed by atoms with Gasteiger partial charge in [-0.3, -0.25) is 24.3 Å². The van der Waals surface area contributed by atoms with Gasteiger partial charge < -0.3 is 16.8 Å². The number of aromatic nitrogens is 4. The first-order chi connectivity index (χ1) is 15.9. The summed E-state index contributed by atoms with van der Waals surface area (Å²) in [6.07, 6.45) is 3.38. The molecule has 0 saturated carbocycles. The number of fused-ring (bicyclic) bond motifs is 2. The molecule has 8 nitrogen and oxygen atoms in total. The zero-order chi connectivity index (χ0) is 23.4. The Morgan fingerprint density at radius 1 is 0.939 bits per heavy atom. The molecule has 0 atom stereocenters. The van der Waals surface area contributed by atoms with E-state index in [-0.39, 0.29) is 21.3 Å². The highest BCUT2D eigenvalue weighted by Crippen LogP contribution is 2.18. The number of thiocarbonyl (C=S) groups is 1. The number of anilines is 2. The van der Waals surface area contributed by atoms with Crippen molar-refractivity contribution in [3.63, 3.8) is 0 Å². The normalized spacial score (nSPS) is 10.4. The lowest BCUT2D eigenvalue weighted by molar-refractivity contribution is 0.946. The lowest BCUT2D eigenvalue weighted by Gasteiger charge is -2.10. The second kappa shape index (κ2) is 9.55. The van der Waals surface area contributed by atoms with E-state index in [9.17, 15) is 4.79 Å². The summed E-state index contributed by atoms with van der Waals surface area (Å²) in [7, 11) is 0. The number of H-pyrrole nitrogens is 1. The van der Waals surface area contributed by atoms with Crippen LogP contribution in [0.3, 0.4) is 0 Å². The summed E-state index contributed by atoms with van der Waals surface area (Å²) in [5, 5.41) is 5.14. The minimum atomic E-state index is -0.313. The van der Waals surface area contributed by atoms with Crippen LogP contribution in [0.1, 0.15) is 0 Å². The number of hydrogen-bond donors (Lipinski definition) is 4. The van der Waals surface area contributed by atoms with Crippen LogP contribution in [0.15, 0.2) is 83.9 Å². The maximum absolute atomic E-state index is 11.3. The highest BCUT2D eigenvalue weighted by molar-refractivity contribution is 7.80. The summed E-state index contributed by atoms with van der Waals surface area (Å²) in [6, 6.07) is 20.8. The Labute approximate surface area is 198 Å². The first-order valence-corrected chi connectivity index (χ1v) is 10.6. The van der Waals surface area contributed by atoms with Crippen molar-refractivity contribution >= 4 is 62.9 Å². The second-order valence-corrected chi connectivity index (χ2v) is 7.82. The first-order valence-electron chi connectivity index (χ1n) is 9.79. The Kier molecular flexibility index (Phi) is 6.38. The van der Waals surface area contributed by atoms with Crippen LogP contribution in [0.25, 0.3) is 27.5 Å². The maximum atomic E-state index is 11.3. The van der Waals surface area contributed by atoms with Crippen molar-refractivity contribution in [3.05, 3.63) is 94.2 Å². The molecule has 0 aliphatic carbocycles. The Bertz CT molecular complexity index is 1590. The second-order valence-electron chi connectivity index (χ2n) is 6.99. The highest BCUT2D eigenvalue weighted by Gasteiger charge is 2.05. The van der Waals surface area contributed by atoms with Gasteiger partial charge in [0.15, 0.2) is 9.88 Å². The molecule has 3 aromatic heterocycles. The summed E-state index contributed by atoms with van der Waals surface area (Å²) >= 11 is 9.87. The van der Waals surface area contributed by atoms with E-state index in [1.807, 2.05) is 60.7 Å². The van der Waals surface area contributed by atoms with Crippen molar-refractivity contribution in [2.24, 2.45) is 5.73 Å². The van der Waals surface area contributed by atoms with Gasteiger partial charge in [0.05, 0.1) is 34.8 Å². The van der Waals surface area contributed by atoms with Gasteiger partial charge in [-0.1, -0.05) is 36.4 Å². The maximum Gasteiger partial charge on any atom is 0.253 e. The van der Waals surface area contributed by atoms with Crippen molar-refractivity contribution in [3.8, 4) is 5.69 Å². The lowest BCUT2D eigenvalue weighted by Crippen LogP contribution is -2.18. The molecular weight excluding hydrogens is 454 g/mol. The fourth-order valence-corrected chi connectivity index (χ4v) is 3.67. The van der Waals surface area contributed by atoms with E-state index in [0.717, 1.165) is 33.2 Å². The van der Waals surface area contributed by atoms with Crippen LogP contribution in [0.2, 0.25) is 0 Å². The predicted octanol–water partition coefficient (Wildman–Crippen LogP) is 3.92. The fourth-order valence-electron chi connectivity index (χ4n) is 3.24. The molecule has 0 aliphatic heterocycles. The zero-order valence-electron chi connectivity index (χ0n) is 17.2. The summed E-state index contributed by atoms with van der Waals surface area (Å²) in [5.74, 6) is 0.283. The third-order valence-corrected chi connectivity index (χ3v) is 5.05. The van der Waals surface area contributed by atoms with Gasteiger partial charge in [0.1, 0.15) is 5.82 Å². The molecule has 10 heteroatoms. The highest BCUT2D eigenvalue weighted by atomic mass is 32.1. The Hall–Kier alpha value is -4.15. The third-order valence-electron chi connectivity index (χ3n) is 4.66. The molecule has 0 radical (unpaired) electrons. The van der Waals surface area contributed by atoms with Gasteiger partial charge in [-0.2, -0.15) is 0 Å². The molecule has 33 heavy (non-hydrogen) atoms. The largest absolute Gasteiger partial charge is 0.385 e. The smallest absolute Gasteiger partial charge is 0.253 e. The first kappa shape index (κ1) is 22.1. The van der Waals surface area contributed by atoms with Crippen LogP contribution >= 0.6 is 24.4 Å². The zero-order valence-corrected chi connectivity index (χ0v) is 18.9. The van der Waals surface area contributed by atoms with E-state index in [2.05, 4.69) is 20.3 Å². The molecule has 0 unspecified atom stereocenters. The van der Waals surface area contributed by atoms with Crippen molar-refractivity contribution in [2.75, 3.05) is 11.1 Å². The molecule has 164 valence electrons. The van der Waals surface area contributed by atoms with Gasteiger partial charge in [0, 0.05) is 16.8 Å². The van der Waals surface area contributed by atoms with Crippen molar-refractivity contribution in [2.45, 2.75) is 0 Å². The van der Waals surface area contributed by atoms with E-state index < -0.39 is 0 Å². The van der Waals surface area contributed by atoms with Crippen LogP contribution in [0.4, 0.5) is 11.5 Å². The number of pyridine rings is 2. The van der Waals surface area contributed by atoms with E-state index in [1.165, 1.54) is 6.07 Å². The van der Waals surface area contributed by atoms with E-state index in [0.29, 0.717) is 0 Å². The number of nitrogens with one attached hydrogen (secondary N) is 2. The van der Waals surface area contributed by atoms with E-state index in [4.69, 9.17) is 35.9 Å². The van der Waals surface area contributed by atoms with Crippen molar-refractivity contribution < 1.29 is 0 Å². The van der Waals surface area contributed by atoms with Gasteiger partial charge in [-0.15, -0.1) is 0 Å². The minimum absolute atomic E-state index is 0.252. The monoisotopic (exact) mass is 473 g/mol. The molecule has 5 aromatic rings. The number of benzene rings is 2. The topological polar surface area (TPSA) is 128 Å². The molecule has 2 aromatic carbocycles. The summed E-state index contributed by atoms with van der Waals surface area (Å²) in [6.45, 7) is 0. The van der Waals surface area contributed by atoms with Gasteiger partial charge in [0.2, 0.25) is 0 Å². The number of nitrogen functional groups attached to an aromatic ring is 1. The Morgan fingerprint density at radius 2 is 1.55 bits per heavy atom. The van der Waals surface area contributed by atoms with Crippen molar-refractivity contribution in [1.82, 2.24) is 19.5 Å². The number of nitrogens with two attached hydrogens (primary N) is 2. The van der Waals surface area contributed by atoms with Crippen molar-refractivity contribution in [1.29, 1.82) is 0 Å². The van der Waals surface area contributed by atoms with Crippen LogP contribution in [0, 0.1) is 4.77 Å². The molecule has 0 spiro atoms. The van der Waals surface area contributed by atoms with E-state index in [1.54, 1.807) is 17.0 Å². The third kappa shape index (κ3) is 5.20. The molecule has 0 saturated heterocycles. The van der Waals surface area contributed by atoms with E-state index >= 15 is 0 Å². The minimum Gasteiger partial charge on any atom is -0.385 e. The molecule has 3 heterocycles. The van der Waals surface area contributed by atoms with Crippen LogP contribution in [-0.2, 0) is 0 Å². The number of para-hydroxylation sites is 2. The predicted molar refractivity (Wildman–Crippen MR) is 139 cm³/mol. The number of nitrogens with zero attached hydrogens (tertiary/aromatic N) is 3. The molecule has 0 aliphatic rings. The fraction of sp³-hybridized carbons (Fsp3) is 0. The average Bonchev–Trinajstić information content (AvgIpc) is 2.78. The summed E-state index contributed by atoms with van der Waals surface area (Å²) in [4.78, 5) is 22.4. The molecule has 0 bridgehead atoms. The molecular formula is C23H19N7OS2. The number of aromatic amines is 1. The van der Waals surface area contributed by atoms with Gasteiger partial charge in [0.25, 0.3) is 5.56 Å². The van der Waals surface area contributed by atoms with Gasteiger partial charge in [-0.05, 0) is 48.7 Å². The molecule has 6 N–H and O–H groups in total. The van der Waals surface area contributed by atoms with Crippen LogP contribution in [-0.4, -0.2) is 24.6 Å². The lowest BCUT2D eigenvalue weighted by atomic mass is 10.2. The Morgan fingerprint density at radius 3 is 2.18 bits per heavy atom. The van der Waals surface area contributed by atoms with Crippen LogP contribution < -0.4 is 22.3 Å². The molecule has 0 fully saturated rings. The number of hydrogen-bond acceptors (Lipinski definition) is 6. The Balaban J connectivity index is 0.000000165. The van der Waals surface area contributed by atoms with Gasteiger partial charge in [-0.25, -0.2) is 0 Å². The summed E-state index contributed by atoms with van der Waals surface area (Å²) in [5.41, 5.74) is 14.3. The average molecular weight is 474 g/mol. The quantitative estimate of drug-likeness (QED) is 0.284.